The number of aryl methyl sites for hydroxylation is 1. The monoisotopic (exact) mass is 527 g/mol. The molecule has 206 valence electrons. The number of piperidine rings is 1. The van der Waals surface area contributed by atoms with Crippen LogP contribution in [0.1, 0.15) is 89.2 Å². The summed E-state index contributed by atoms with van der Waals surface area (Å²) >= 11 is 0. The first-order valence-electron chi connectivity index (χ1n) is 13.9. The van der Waals surface area contributed by atoms with Gasteiger partial charge in [-0.05, 0) is 83.7 Å². The lowest BCUT2D eigenvalue weighted by molar-refractivity contribution is -0.0163. The van der Waals surface area contributed by atoms with Gasteiger partial charge in [0.2, 0.25) is 0 Å². The molecule has 1 heterocycles. The molecule has 0 aliphatic carbocycles. The van der Waals surface area contributed by atoms with Crippen LogP contribution in [0.3, 0.4) is 0 Å². The number of hydrogen-bond acceptors (Lipinski definition) is 5. The molecule has 3 unspecified atom stereocenters. The molecule has 0 spiro atoms. The van der Waals surface area contributed by atoms with Gasteiger partial charge < -0.3 is 24.7 Å². The minimum absolute atomic E-state index is 0.0199. The Bertz CT molecular complexity index is 985. The van der Waals surface area contributed by atoms with E-state index in [0.29, 0.717) is 49.0 Å². The van der Waals surface area contributed by atoms with Crippen LogP contribution in [0, 0.1) is 6.92 Å². The molecule has 3 rings (SSSR count). The Morgan fingerprint density at radius 3 is 2.16 bits per heavy atom. The van der Waals surface area contributed by atoms with E-state index in [1.807, 2.05) is 30.3 Å². The number of benzene rings is 2. The van der Waals surface area contributed by atoms with Crippen LogP contribution in [0.25, 0.3) is 0 Å². The van der Waals surface area contributed by atoms with Gasteiger partial charge in [0.05, 0.1) is 18.3 Å². The van der Waals surface area contributed by atoms with E-state index in [2.05, 4.69) is 65.9 Å². The highest BCUT2D eigenvalue weighted by Crippen LogP contribution is 2.44. The fourth-order valence-corrected chi connectivity index (χ4v) is 11.8. The Morgan fingerprint density at radius 1 is 1.00 bits per heavy atom. The van der Waals surface area contributed by atoms with Crippen molar-refractivity contribution in [2.24, 2.45) is 0 Å². The van der Waals surface area contributed by atoms with E-state index in [-0.39, 0.29) is 6.04 Å². The highest BCUT2D eigenvalue weighted by Gasteiger charge is 2.47. The van der Waals surface area contributed by atoms with Gasteiger partial charge in [-0.2, -0.15) is 0 Å². The van der Waals surface area contributed by atoms with Crippen LogP contribution >= 0.6 is 0 Å². The van der Waals surface area contributed by atoms with Crippen molar-refractivity contribution in [3.8, 4) is 5.75 Å². The molecule has 2 aromatic rings. The molecule has 1 aliphatic heterocycles. The number of ether oxygens (including phenoxy) is 1. The van der Waals surface area contributed by atoms with Crippen molar-refractivity contribution in [3.63, 3.8) is 0 Å². The molecule has 1 aliphatic rings. The SMILES string of the molecule is COCc1ccc(C2(O)CCNC(CC(O)c3ccc(O[Si](C(C)C)(C(C)C)C(C)C)c(C)c3)C2)cc1. The van der Waals surface area contributed by atoms with Gasteiger partial charge in [-0.15, -0.1) is 0 Å². The van der Waals surface area contributed by atoms with Crippen molar-refractivity contribution in [2.75, 3.05) is 13.7 Å². The molecule has 0 aromatic heterocycles. The van der Waals surface area contributed by atoms with E-state index in [1.165, 1.54) is 0 Å². The molecule has 0 radical (unpaired) electrons. The minimum atomic E-state index is -2.04. The van der Waals surface area contributed by atoms with Crippen molar-refractivity contribution in [1.82, 2.24) is 5.32 Å². The van der Waals surface area contributed by atoms with Crippen LogP contribution in [0.15, 0.2) is 42.5 Å². The van der Waals surface area contributed by atoms with Crippen LogP contribution in [0.4, 0.5) is 0 Å². The van der Waals surface area contributed by atoms with Gasteiger partial charge in [-0.3, -0.25) is 0 Å². The Balaban J connectivity index is 1.71. The highest BCUT2D eigenvalue weighted by molar-refractivity contribution is 6.78. The van der Waals surface area contributed by atoms with Crippen LogP contribution in [0.5, 0.6) is 5.75 Å². The van der Waals surface area contributed by atoms with Crippen LogP contribution < -0.4 is 9.74 Å². The standard InChI is InChI=1S/C31H49NO4Si/c1-21(2)37(22(3)4,23(5)6)36-30-14-11-26(17-24(30)7)29(33)18-28-19-31(34,15-16-32-28)27-12-9-25(10-13-27)20-35-8/h9-14,17,21-23,28-29,32-34H,15-16,18-20H2,1-8H3. The van der Waals surface area contributed by atoms with Gasteiger partial charge in [0.15, 0.2) is 0 Å². The third kappa shape index (κ3) is 6.66. The molecule has 3 atom stereocenters. The van der Waals surface area contributed by atoms with Crippen LogP contribution in [-0.4, -0.2) is 38.2 Å². The Morgan fingerprint density at radius 2 is 1.62 bits per heavy atom. The van der Waals surface area contributed by atoms with Crippen molar-refractivity contribution in [1.29, 1.82) is 0 Å². The summed E-state index contributed by atoms with van der Waals surface area (Å²) in [4.78, 5) is 0. The Kier molecular flexibility index (Phi) is 10.0. The number of aliphatic hydroxyl groups excluding tert-OH is 1. The summed E-state index contributed by atoms with van der Waals surface area (Å²) in [6.07, 6.45) is 1.16. The maximum Gasteiger partial charge on any atom is 0.258 e. The zero-order chi connectivity index (χ0) is 27.4. The summed E-state index contributed by atoms with van der Waals surface area (Å²) in [6, 6.07) is 14.2. The predicted molar refractivity (Wildman–Crippen MR) is 155 cm³/mol. The molecule has 5 nitrogen and oxygen atoms in total. The predicted octanol–water partition coefficient (Wildman–Crippen LogP) is 6.76. The van der Waals surface area contributed by atoms with Gasteiger partial charge >= 0.3 is 0 Å². The smallest absolute Gasteiger partial charge is 0.258 e. The molecule has 1 fully saturated rings. The molecule has 0 saturated carbocycles. The molecular weight excluding hydrogens is 478 g/mol. The fourth-order valence-electron chi connectivity index (χ4n) is 6.52. The lowest BCUT2D eigenvalue weighted by Crippen LogP contribution is -2.50. The lowest BCUT2D eigenvalue weighted by Gasteiger charge is -2.42. The largest absolute Gasteiger partial charge is 0.543 e. The molecule has 2 aromatic carbocycles. The first kappa shape index (κ1) is 29.8. The normalized spacial score (nSPS) is 21.6. The van der Waals surface area contributed by atoms with Gasteiger partial charge in [-0.25, -0.2) is 0 Å². The molecule has 37 heavy (non-hydrogen) atoms. The van der Waals surface area contributed by atoms with Gasteiger partial charge in [0.25, 0.3) is 8.32 Å². The maximum absolute atomic E-state index is 11.5. The van der Waals surface area contributed by atoms with Gasteiger partial charge in [0, 0.05) is 13.2 Å². The summed E-state index contributed by atoms with van der Waals surface area (Å²) in [5, 5.41) is 26.1. The van der Waals surface area contributed by atoms with Crippen molar-refractivity contribution >= 4 is 8.32 Å². The van der Waals surface area contributed by atoms with Crippen molar-refractivity contribution in [3.05, 3.63) is 64.7 Å². The first-order chi connectivity index (χ1) is 17.4. The zero-order valence-corrected chi connectivity index (χ0v) is 25.2. The van der Waals surface area contributed by atoms with E-state index < -0.39 is 20.0 Å². The number of nitrogens with one attached hydrogen (secondary N) is 1. The average Bonchev–Trinajstić information content (AvgIpc) is 2.83. The summed E-state index contributed by atoms with van der Waals surface area (Å²) in [5.41, 5.74) is 4.61. The van der Waals surface area contributed by atoms with E-state index in [1.54, 1.807) is 7.11 Å². The third-order valence-electron chi connectivity index (χ3n) is 8.44. The summed E-state index contributed by atoms with van der Waals surface area (Å²) in [5.74, 6) is 0.945. The quantitative estimate of drug-likeness (QED) is 0.282. The number of hydrogen-bond donors (Lipinski definition) is 3. The topological polar surface area (TPSA) is 71.0 Å². The Hall–Kier alpha value is -1.70. The lowest BCUT2D eigenvalue weighted by atomic mass is 9.80. The highest BCUT2D eigenvalue weighted by atomic mass is 28.4. The van der Waals surface area contributed by atoms with Crippen LogP contribution in [0.2, 0.25) is 16.6 Å². The molecule has 3 N–H and O–H groups in total. The van der Waals surface area contributed by atoms with Crippen molar-refractivity contribution < 1.29 is 19.4 Å². The van der Waals surface area contributed by atoms with Crippen molar-refractivity contribution in [2.45, 2.75) is 109 Å². The summed E-state index contributed by atoms with van der Waals surface area (Å²) < 4.78 is 12.1. The second kappa shape index (κ2) is 12.4. The van der Waals surface area contributed by atoms with E-state index in [4.69, 9.17) is 9.16 Å². The summed E-state index contributed by atoms with van der Waals surface area (Å²) in [6.45, 7) is 17.1. The number of methoxy groups -OCH3 is 1. The molecule has 0 bridgehead atoms. The molecule has 1 saturated heterocycles. The minimum Gasteiger partial charge on any atom is -0.543 e. The van der Waals surface area contributed by atoms with E-state index in [0.717, 1.165) is 28.0 Å². The molecular formula is C31H49NO4Si. The molecule has 6 heteroatoms. The van der Waals surface area contributed by atoms with E-state index in [9.17, 15) is 10.2 Å². The van der Waals surface area contributed by atoms with Crippen LogP contribution in [-0.2, 0) is 16.9 Å². The third-order valence-corrected chi connectivity index (χ3v) is 14.4. The number of rotatable bonds is 11. The van der Waals surface area contributed by atoms with Gasteiger partial charge in [0.1, 0.15) is 5.75 Å². The second-order valence-corrected chi connectivity index (χ2v) is 17.3. The molecule has 0 amide bonds. The zero-order valence-electron chi connectivity index (χ0n) is 24.2. The van der Waals surface area contributed by atoms with E-state index >= 15 is 0 Å². The fraction of sp³-hybridized carbons (Fsp3) is 0.613. The first-order valence-corrected chi connectivity index (χ1v) is 16.1. The summed E-state index contributed by atoms with van der Waals surface area (Å²) in [7, 11) is -0.359. The number of aliphatic hydroxyl groups is 2. The second-order valence-electron chi connectivity index (χ2n) is 12.0. The van der Waals surface area contributed by atoms with Gasteiger partial charge in [-0.1, -0.05) is 71.9 Å². The average molecular weight is 528 g/mol. The Labute approximate surface area is 225 Å². The maximum atomic E-state index is 11.5.